The van der Waals surface area contributed by atoms with Crippen LogP contribution in [0.3, 0.4) is 0 Å². The first-order valence-electron chi connectivity index (χ1n) is 6.67. The van der Waals surface area contributed by atoms with E-state index in [1.807, 2.05) is 0 Å². The molecule has 0 saturated carbocycles. The number of carboxylic acid groups (broad SMARTS) is 3. The quantitative estimate of drug-likeness (QED) is 0.250. The molecule has 0 atom stereocenters. The molecule has 0 aliphatic rings. The van der Waals surface area contributed by atoms with Crippen LogP contribution >= 0.6 is 0 Å². The number of nitrogens with two attached hydrogens (primary N) is 6. The Kier molecular flexibility index (Phi) is 99.8. The van der Waals surface area contributed by atoms with Crippen molar-refractivity contribution < 1.29 is 46.5 Å². The molecule has 0 amide bonds. The van der Waals surface area contributed by atoms with Crippen molar-refractivity contribution in [3.63, 3.8) is 0 Å². The minimum Gasteiger partial charge on any atom is -0.550 e. The van der Waals surface area contributed by atoms with Gasteiger partial charge in [-0.3, -0.25) is 0 Å². The van der Waals surface area contributed by atoms with Crippen molar-refractivity contribution in [3.05, 3.63) is 0 Å². The minimum atomic E-state index is -1.08. The van der Waals surface area contributed by atoms with Gasteiger partial charge in [0, 0.05) is 57.2 Å². The van der Waals surface area contributed by atoms with Gasteiger partial charge in [0.1, 0.15) is 0 Å². The summed E-state index contributed by atoms with van der Waals surface area (Å²) in [6.45, 7) is 6.50. The molecule has 0 aromatic rings. The van der Waals surface area contributed by atoms with Gasteiger partial charge < -0.3 is 64.1 Å². The zero-order valence-corrected chi connectivity index (χ0v) is 16.0. The summed E-state index contributed by atoms with van der Waals surface area (Å²) >= 11 is 0. The molecule has 12 nitrogen and oxygen atoms in total. The molecule has 0 unspecified atom stereocenters. The molecule has 0 rings (SSSR count). The second kappa shape index (κ2) is 57.0. The molecule has 0 bridgehead atoms. The van der Waals surface area contributed by atoms with Crippen LogP contribution in [0, 0.1) is 0 Å². The number of hydrogen-bond acceptors (Lipinski definition) is 12. The van der Waals surface area contributed by atoms with Crippen molar-refractivity contribution in [3.8, 4) is 0 Å². The number of carbonyl (C=O) groups is 3. The second-order valence-corrected chi connectivity index (χ2v) is 3.21. The second-order valence-electron chi connectivity index (χ2n) is 3.21. The van der Waals surface area contributed by atoms with Crippen LogP contribution in [0.15, 0.2) is 0 Å². The molecule has 25 heavy (non-hydrogen) atoms. The van der Waals surface area contributed by atoms with E-state index in [0.717, 1.165) is 20.8 Å². The topological polar surface area (TPSA) is 277 Å². The Morgan fingerprint density at radius 1 is 0.520 bits per heavy atom. The maximum atomic E-state index is 8.89. The van der Waals surface area contributed by atoms with E-state index in [4.69, 9.17) is 64.1 Å². The Morgan fingerprint density at radius 2 is 0.560 bits per heavy atom. The molecule has 0 aromatic heterocycles. The third kappa shape index (κ3) is 3450. The molecule has 156 valence electrons. The van der Waals surface area contributed by atoms with Gasteiger partial charge in [-0.05, 0) is 20.8 Å². The van der Waals surface area contributed by atoms with Crippen molar-refractivity contribution >= 4 is 17.9 Å². The fourth-order valence-electron chi connectivity index (χ4n) is 0. The number of hydrogen-bond donors (Lipinski definition) is 6. The molecular formula is C12H33CoN6O6. The van der Waals surface area contributed by atoms with Crippen LogP contribution in [0.2, 0.25) is 0 Å². The van der Waals surface area contributed by atoms with Crippen LogP contribution < -0.4 is 49.7 Å². The minimum absolute atomic E-state index is 0. The smallest absolute Gasteiger partial charge is 0.550 e. The summed E-state index contributed by atoms with van der Waals surface area (Å²) in [4.78, 5) is 26.7. The average Bonchev–Trinajstić information content (AvgIpc) is 2.45. The van der Waals surface area contributed by atoms with Gasteiger partial charge in [-0.2, -0.15) is 0 Å². The first-order chi connectivity index (χ1) is 10.9. The summed E-state index contributed by atoms with van der Waals surface area (Å²) in [5.74, 6) is -3.25. The van der Waals surface area contributed by atoms with Gasteiger partial charge in [0.25, 0.3) is 0 Å². The van der Waals surface area contributed by atoms with Gasteiger partial charge in [0.05, 0.1) is 0 Å². The Bertz CT molecular complexity index is 194. The normalized spacial score (nSPS) is 6.60. The summed E-state index contributed by atoms with van der Waals surface area (Å²) in [7, 11) is 0. The molecule has 0 radical (unpaired) electrons. The monoisotopic (exact) mass is 416 g/mol. The average molecular weight is 416 g/mol. The molecule has 0 aliphatic heterocycles. The molecular weight excluding hydrogens is 383 g/mol. The van der Waals surface area contributed by atoms with Crippen LogP contribution in [0.25, 0.3) is 0 Å². The predicted molar refractivity (Wildman–Crippen MR) is 86.4 cm³/mol. The first-order valence-corrected chi connectivity index (χ1v) is 6.67. The van der Waals surface area contributed by atoms with E-state index in [1.54, 1.807) is 0 Å². The molecule has 0 aliphatic carbocycles. The number of carbonyl (C=O) groups excluding carboxylic acids is 3. The van der Waals surface area contributed by atoms with E-state index < -0.39 is 17.9 Å². The summed E-state index contributed by atoms with van der Waals surface area (Å²) in [6.07, 6.45) is 0. The van der Waals surface area contributed by atoms with Gasteiger partial charge in [-0.25, -0.2) is 0 Å². The van der Waals surface area contributed by atoms with Gasteiger partial charge in [-0.1, -0.05) is 0 Å². The predicted octanol–water partition coefficient (Wildman–Crippen LogP) is -7.02. The van der Waals surface area contributed by atoms with E-state index in [9.17, 15) is 0 Å². The zero-order valence-electron chi connectivity index (χ0n) is 15.0. The van der Waals surface area contributed by atoms with Gasteiger partial charge in [0.15, 0.2) is 0 Å². The van der Waals surface area contributed by atoms with E-state index >= 15 is 0 Å². The van der Waals surface area contributed by atoms with Crippen LogP contribution in [0.4, 0.5) is 0 Å². The fourth-order valence-corrected chi connectivity index (χ4v) is 0. The van der Waals surface area contributed by atoms with Crippen LogP contribution in [0.1, 0.15) is 20.8 Å². The summed E-state index contributed by atoms with van der Waals surface area (Å²) in [5.41, 5.74) is 29.4. The number of rotatable bonds is 3. The van der Waals surface area contributed by atoms with Crippen molar-refractivity contribution in [2.24, 2.45) is 34.4 Å². The van der Waals surface area contributed by atoms with E-state index in [0.29, 0.717) is 39.3 Å². The number of aliphatic carboxylic acids is 3. The summed E-state index contributed by atoms with van der Waals surface area (Å²) in [5, 5.41) is 26.7. The Hall–Kier alpha value is -1.32. The SMILES string of the molecule is CC(=O)[O-].CC(=O)[O-].CC(=O)[O-].NCCN.NCCN.NCCN.[Co+3]. The first kappa shape index (κ1) is 43.8. The van der Waals surface area contributed by atoms with E-state index in [1.165, 1.54) is 0 Å². The molecule has 13 heteroatoms. The van der Waals surface area contributed by atoms with Crippen LogP contribution in [-0.2, 0) is 31.2 Å². The molecule has 0 aromatic carbocycles. The van der Waals surface area contributed by atoms with Crippen molar-refractivity contribution in [2.45, 2.75) is 20.8 Å². The van der Waals surface area contributed by atoms with Crippen molar-refractivity contribution in [2.75, 3.05) is 39.3 Å². The molecule has 0 fully saturated rings. The molecule has 12 N–H and O–H groups in total. The van der Waals surface area contributed by atoms with Gasteiger partial charge in [-0.15, -0.1) is 0 Å². The van der Waals surface area contributed by atoms with Crippen LogP contribution in [0.5, 0.6) is 0 Å². The van der Waals surface area contributed by atoms with Gasteiger partial charge in [0.2, 0.25) is 0 Å². The molecule has 0 spiro atoms. The maximum absolute atomic E-state index is 8.89. The Balaban J connectivity index is -0.0000000309. The summed E-state index contributed by atoms with van der Waals surface area (Å²) in [6, 6.07) is 0. The van der Waals surface area contributed by atoms with Crippen molar-refractivity contribution in [1.29, 1.82) is 0 Å². The van der Waals surface area contributed by atoms with Crippen molar-refractivity contribution in [1.82, 2.24) is 0 Å². The molecule has 0 saturated heterocycles. The Labute approximate surface area is 159 Å². The zero-order chi connectivity index (χ0) is 21.0. The maximum Gasteiger partial charge on any atom is 3.00 e. The third-order valence-electron chi connectivity index (χ3n) is 0.500. The summed E-state index contributed by atoms with van der Waals surface area (Å²) < 4.78 is 0. The Morgan fingerprint density at radius 3 is 0.560 bits per heavy atom. The van der Waals surface area contributed by atoms with Gasteiger partial charge >= 0.3 is 16.8 Å². The van der Waals surface area contributed by atoms with E-state index in [2.05, 4.69) is 0 Å². The van der Waals surface area contributed by atoms with Crippen LogP contribution in [-0.4, -0.2) is 57.2 Å². The number of carboxylic acids is 3. The molecule has 0 heterocycles. The third-order valence-corrected chi connectivity index (χ3v) is 0.500. The standard InChI is InChI=1S/3C2H8N2.3C2H4O2.Co/c3*3-1-2-4;3*1-2(3)4;/h3*1-4H2;3*1H3,(H,3,4);/q;;;;;;+3/p-3. The fraction of sp³-hybridized carbons (Fsp3) is 0.750. The largest absolute Gasteiger partial charge is 3.00 e. The van der Waals surface area contributed by atoms with E-state index in [-0.39, 0.29) is 16.8 Å².